The molecule has 7 heteroatoms. The largest absolute Gasteiger partial charge is 0.477 e. The van der Waals surface area contributed by atoms with Crippen LogP contribution in [0.25, 0.3) is 0 Å². The molecule has 2 aliphatic rings. The topological polar surface area (TPSA) is 62.3 Å². The van der Waals surface area contributed by atoms with Gasteiger partial charge in [0.1, 0.15) is 5.75 Å². The number of fused-ring (bicyclic) bond motifs is 1. The van der Waals surface area contributed by atoms with E-state index in [-0.39, 0.29) is 24.4 Å². The van der Waals surface area contributed by atoms with Crippen LogP contribution in [0.1, 0.15) is 18.5 Å². The molecule has 0 saturated carbocycles. The molecule has 7 nitrogen and oxygen atoms in total. The number of morpholine rings is 1. The summed E-state index contributed by atoms with van der Waals surface area (Å²) in [6.45, 7) is 4.75. The second kappa shape index (κ2) is 9.39. The average molecular weight is 424 g/mol. The maximum absolute atomic E-state index is 13.1. The van der Waals surface area contributed by atoms with Gasteiger partial charge in [-0.1, -0.05) is 42.5 Å². The minimum atomic E-state index is -0.641. The lowest BCUT2D eigenvalue weighted by molar-refractivity contribution is -0.143. The maximum atomic E-state index is 13.1. The van der Waals surface area contributed by atoms with Gasteiger partial charge in [-0.25, -0.2) is 0 Å². The molecule has 2 aromatic rings. The van der Waals surface area contributed by atoms with E-state index in [0.717, 1.165) is 11.3 Å². The molecule has 2 unspecified atom stereocenters. The molecule has 2 amide bonds. The summed E-state index contributed by atoms with van der Waals surface area (Å²) in [6.07, 6.45) is -0.641. The lowest BCUT2D eigenvalue weighted by Gasteiger charge is -2.38. The van der Waals surface area contributed by atoms with Crippen LogP contribution in [0, 0.1) is 0 Å². The lowest BCUT2D eigenvalue weighted by atomic mass is 10.1. The van der Waals surface area contributed by atoms with Crippen LogP contribution in [0.15, 0.2) is 54.6 Å². The zero-order valence-corrected chi connectivity index (χ0v) is 18.1. The van der Waals surface area contributed by atoms with Crippen LogP contribution in [0.5, 0.6) is 5.75 Å². The Kier molecular flexibility index (Phi) is 6.42. The fourth-order valence-electron chi connectivity index (χ4n) is 4.02. The molecule has 0 bridgehead atoms. The minimum absolute atomic E-state index is 0.00868. The van der Waals surface area contributed by atoms with Gasteiger partial charge in [-0.3, -0.25) is 9.59 Å². The summed E-state index contributed by atoms with van der Waals surface area (Å²) in [7, 11) is 1.82. The highest BCUT2D eigenvalue weighted by molar-refractivity contribution is 5.86. The SMILES string of the molecule is CC(c1ccccc1)N(C)C(=O)CN1CC(C(=O)N2CCOCC2)Oc2ccccc21. The molecule has 0 aromatic heterocycles. The average Bonchev–Trinajstić information content (AvgIpc) is 2.83. The van der Waals surface area contributed by atoms with Gasteiger partial charge >= 0.3 is 0 Å². The van der Waals surface area contributed by atoms with Crippen LogP contribution >= 0.6 is 0 Å². The van der Waals surface area contributed by atoms with Crippen molar-refractivity contribution >= 4 is 17.5 Å². The van der Waals surface area contributed by atoms with Gasteiger partial charge in [-0.05, 0) is 24.6 Å². The van der Waals surface area contributed by atoms with E-state index in [9.17, 15) is 9.59 Å². The van der Waals surface area contributed by atoms with Gasteiger partial charge in [0.05, 0.1) is 38.0 Å². The van der Waals surface area contributed by atoms with Gasteiger partial charge in [-0.15, -0.1) is 0 Å². The third-order valence-electron chi connectivity index (χ3n) is 6.04. The number of carbonyl (C=O) groups excluding carboxylic acids is 2. The molecule has 1 fully saturated rings. The van der Waals surface area contributed by atoms with Crippen LogP contribution in [-0.4, -0.2) is 74.2 Å². The fourth-order valence-corrected chi connectivity index (χ4v) is 4.02. The van der Waals surface area contributed by atoms with Gasteiger partial charge in [0.2, 0.25) is 5.91 Å². The first-order valence-corrected chi connectivity index (χ1v) is 10.7. The Bertz CT molecular complexity index is 914. The number of likely N-dealkylation sites (N-methyl/N-ethyl adjacent to an activating group) is 1. The molecule has 31 heavy (non-hydrogen) atoms. The van der Waals surface area contributed by atoms with E-state index in [1.807, 2.05) is 73.5 Å². The molecule has 0 N–H and O–H groups in total. The van der Waals surface area contributed by atoms with E-state index >= 15 is 0 Å². The molecule has 0 spiro atoms. The third-order valence-corrected chi connectivity index (χ3v) is 6.04. The Morgan fingerprint density at radius 2 is 1.74 bits per heavy atom. The van der Waals surface area contributed by atoms with Gasteiger partial charge in [0, 0.05) is 20.1 Å². The van der Waals surface area contributed by atoms with Crippen molar-refractivity contribution in [3.05, 3.63) is 60.2 Å². The third kappa shape index (κ3) is 4.66. The quantitative estimate of drug-likeness (QED) is 0.739. The number of hydrogen-bond donors (Lipinski definition) is 0. The van der Waals surface area contributed by atoms with E-state index in [4.69, 9.17) is 9.47 Å². The van der Waals surface area contributed by atoms with Crippen LogP contribution in [-0.2, 0) is 14.3 Å². The van der Waals surface area contributed by atoms with Crippen molar-refractivity contribution in [3.63, 3.8) is 0 Å². The van der Waals surface area contributed by atoms with E-state index in [1.54, 1.807) is 9.80 Å². The monoisotopic (exact) mass is 423 g/mol. The van der Waals surface area contributed by atoms with Gasteiger partial charge in [-0.2, -0.15) is 0 Å². The summed E-state index contributed by atoms with van der Waals surface area (Å²) >= 11 is 0. The molecule has 164 valence electrons. The highest BCUT2D eigenvalue weighted by atomic mass is 16.5. The van der Waals surface area contributed by atoms with Crippen molar-refractivity contribution in [2.24, 2.45) is 0 Å². The lowest BCUT2D eigenvalue weighted by Crippen LogP contribution is -2.54. The molecule has 2 atom stereocenters. The number of ether oxygens (including phenoxy) is 2. The Morgan fingerprint density at radius 1 is 1.06 bits per heavy atom. The number of benzene rings is 2. The number of nitrogens with zero attached hydrogens (tertiary/aromatic N) is 3. The molecule has 2 aliphatic heterocycles. The van der Waals surface area contributed by atoms with Crippen LogP contribution in [0.4, 0.5) is 5.69 Å². The molecular formula is C24H29N3O4. The standard InChI is InChI=1S/C24H29N3O4/c1-18(19-8-4-3-5-9-19)25(2)23(28)17-27-16-22(24(29)26-12-14-30-15-13-26)31-21-11-7-6-10-20(21)27/h3-11,18,22H,12-17H2,1-2H3. The van der Waals surface area contributed by atoms with Crippen molar-refractivity contribution in [1.82, 2.24) is 9.80 Å². The Balaban J connectivity index is 1.49. The summed E-state index contributed by atoms with van der Waals surface area (Å²) < 4.78 is 11.4. The van der Waals surface area contributed by atoms with E-state index in [0.29, 0.717) is 38.6 Å². The summed E-state index contributed by atoms with van der Waals surface area (Å²) in [4.78, 5) is 31.7. The molecule has 2 aromatic carbocycles. The van der Waals surface area contributed by atoms with Crippen LogP contribution < -0.4 is 9.64 Å². The van der Waals surface area contributed by atoms with Crippen molar-refractivity contribution in [3.8, 4) is 5.75 Å². The second-order valence-corrected chi connectivity index (χ2v) is 7.98. The number of hydrogen-bond acceptors (Lipinski definition) is 5. The summed E-state index contributed by atoms with van der Waals surface area (Å²) in [5, 5.41) is 0. The number of amides is 2. The number of para-hydroxylation sites is 2. The van der Waals surface area contributed by atoms with Crippen molar-refractivity contribution in [1.29, 1.82) is 0 Å². The van der Waals surface area contributed by atoms with E-state index < -0.39 is 6.10 Å². The Morgan fingerprint density at radius 3 is 2.48 bits per heavy atom. The smallest absolute Gasteiger partial charge is 0.265 e. The van der Waals surface area contributed by atoms with Crippen LogP contribution in [0.2, 0.25) is 0 Å². The first-order valence-electron chi connectivity index (χ1n) is 10.7. The summed E-state index contributed by atoms with van der Waals surface area (Å²) in [5.41, 5.74) is 1.92. The predicted octanol–water partition coefficient (Wildman–Crippen LogP) is 2.33. The molecule has 4 rings (SSSR count). The predicted molar refractivity (Wildman–Crippen MR) is 118 cm³/mol. The zero-order valence-electron chi connectivity index (χ0n) is 18.1. The number of anilines is 1. The van der Waals surface area contributed by atoms with Gasteiger partial charge < -0.3 is 24.2 Å². The normalized spacial score (nSPS) is 19.2. The molecule has 2 heterocycles. The van der Waals surface area contributed by atoms with Gasteiger partial charge in [0.25, 0.3) is 5.91 Å². The maximum Gasteiger partial charge on any atom is 0.265 e. The molecular weight excluding hydrogens is 394 g/mol. The number of rotatable bonds is 5. The number of carbonyl (C=O) groups is 2. The van der Waals surface area contributed by atoms with Crippen molar-refractivity contribution in [2.75, 3.05) is 51.3 Å². The zero-order chi connectivity index (χ0) is 21.8. The fraction of sp³-hybridized carbons (Fsp3) is 0.417. The minimum Gasteiger partial charge on any atom is -0.477 e. The van der Waals surface area contributed by atoms with Crippen molar-refractivity contribution < 1.29 is 19.1 Å². The highest BCUT2D eigenvalue weighted by Gasteiger charge is 2.35. The second-order valence-electron chi connectivity index (χ2n) is 7.98. The molecule has 0 aliphatic carbocycles. The van der Waals surface area contributed by atoms with Crippen molar-refractivity contribution in [2.45, 2.75) is 19.1 Å². The van der Waals surface area contributed by atoms with E-state index in [2.05, 4.69) is 0 Å². The van der Waals surface area contributed by atoms with E-state index in [1.165, 1.54) is 0 Å². The highest BCUT2D eigenvalue weighted by Crippen LogP contribution is 2.33. The molecule has 1 saturated heterocycles. The molecule has 0 radical (unpaired) electrons. The summed E-state index contributed by atoms with van der Waals surface area (Å²) in [6, 6.07) is 17.5. The first-order chi connectivity index (χ1) is 15.0. The van der Waals surface area contributed by atoms with Gasteiger partial charge in [0.15, 0.2) is 6.10 Å². The Labute approximate surface area is 183 Å². The summed E-state index contributed by atoms with van der Waals surface area (Å²) in [5.74, 6) is 0.568. The Hall–Kier alpha value is -3.06. The van der Waals surface area contributed by atoms with Crippen LogP contribution in [0.3, 0.4) is 0 Å². The first kappa shape index (κ1) is 21.2.